The van der Waals surface area contributed by atoms with E-state index in [2.05, 4.69) is 53.4 Å². The Kier molecular flexibility index (Phi) is 7.03. The normalized spacial score (nSPS) is 17.7. The standard InChI is InChI=1S/C26H30ClN7O2/c1-16(12-28)31-23(35)18-8-6-17(7-9-18)22-21(27)14-29-24(33-22)32-19-13-30-34(15-19)20-10-25(2,3)36-26(4,5)11-20/h6-9,13-16,20H,10-11H2,1-5H3,(H,31,35)(H,29,32,33). The van der Waals surface area contributed by atoms with Gasteiger partial charge in [0.15, 0.2) is 0 Å². The monoisotopic (exact) mass is 507 g/mol. The van der Waals surface area contributed by atoms with Gasteiger partial charge in [0.25, 0.3) is 5.91 Å². The molecule has 188 valence electrons. The molecule has 1 unspecified atom stereocenters. The lowest BCUT2D eigenvalue weighted by Gasteiger charge is -2.45. The topological polar surface area (TPSA) is 118 Å². The number of carbonyl (C=O) groups is 1. The van der Waals surface area contributed by atoms with Crippen molar-refractivity contribution in [1.29, 1.82) is 5.26 Å². The van der Waals surface area contributed by atoms with Gasteiger partial charge in [0.1, 0.15) is 6.04 Å². The fraction of sp³-hybridized carbons (Fsp3) is 0.423. The highest BCUT2D eigenvalue weighted by Gasteiger charge is 2.40. The van der Waals surface area contributed by atoms with Gasteiger partial charge in [-0.2, -0.15) is 10.4 Å². The average molecular weight is 508 g/mol. The third-order valence-corrected chi connectivity index (χ3v) is 6.22. The summed E-state index contributed by atoms with van der Waals surface area (Å²) >= 11 is 6.39. The minimum atomic E-state index is -0.573. The first kappa shape index (κ1) is 25.6. The molecule has 0 radical (unpaired) electrons. The van der Waals surface area contributed by atoms with E-state index in [0.717, 1.165) is 24.1 Å². The zero-order valence-corrected chi connectivity index (χ0v) is 21.8. The molecule has 1 atom stereocenters. The van der Waals surface area contributed by atoms with E-state index >= 15 is 0 Å². The van der Waals surface area contributed by atoms with Gasteiger partial charge in [-0.15, -0.1) is 0 Å². The third-order valence-electron chi connectivity index (χ3n) is 5.94. The van der Waals surface area contributed by atoms with Crippen molar-refractivity contribution in [3.63, 3.8) is 0 Å². The summed E-state index contributed by atoms with van der Waals surface area (Å²) in [4.78, 5) is 21.1. The summed E-state index contributed by atoms with van der Waals surface area (Å²) < 4.78 is 8.17. The first-order chi connectivity index (χ1) is 16.9. The van der Waals surface area contributed by atoms with Gasteiger partial charge in [0, 0.05) is 17.3 Å². The minimum absolute atomic E-state index is 0.216. The zero-order chi connectivity index (χ0) is 26.1. The number of hydrogen-bond acceptors (Lipinski definition) is 7. The quantitative estimate of drug-likeness (QED) is 0.465. The number of anilines is 2. The van der Waals surface area contributed by atoms with E-state index in [0.29, 0.717) is 22.2 Å². The van der Waals surface area contributed by atoms with Crippen LogP contribution in [0.25, 0.3) is 11.3 Å². The van der Waals surface area contributed by atoms with Gasteiger partial charge in [-0.05, 0) is 59.6 Å². The fourth-order valence-corrected chi connectivity index (χ4v) is 4.88. The van der Waals surface area contributed by atoms with Gasteiger partial charge in [0.2, 0.25) is 5.95 Å². The van der Waals surface area contributed by atoms with Gasteiger partial charge in [-0.3, -0.25) is 9.48 Å². The smallest absolute Gasteiger partial charge is 0.252 e. The summed E-state index contributed by atoms with van der Waals surface area (Å²) in [6.07, 6.45) is 6.97. The number of benzene rings is 1. The molecule has 10 heteroatoms. The maximum atomic E-state index is 12.2. The molecule has 3 aromatic rings. The molecule has 9 nitrogen and oxygen atoms in total. The molecule has 2 aromatic heterocycles. The number of amides is 1. The molecule has 1 aliphatic rings. The summed E-state index contributed by atoms with van der Waals surface area (Å²) in [7, 11) is 0. The van der Waals surface area contributed by atoms with Crippen LogP contribution in [0.15, 0.2) is 42.9 Å². The zero-order valence-electron chi connectivity index (χ0n) is 21.0. The number of ether oxygens (including phenoxy) is 1. The molecule has 36 heavy (non-hydrogen) atoms. The van der Waals surface area contributed by atoms with Crippen molar-refractivity contribution >= 4 is 29.1 Å². The lowest BCUT2D eigenvalue weighted by atomic mass is 9.85. The molecule has 0 aliphatic carbocycles. The Morgan fingerprint density at radius 1 is 1.19 bits per heavy atom. The predicted molar refractivity (Wildman–Crippen MR) is 138 cm³/mol. The van der Waals surface area contributed by atoms with E-state index in [-0.39, 0.29) is 23.2 Å². The SMILES string of the molecule is CC(C#N)NC(=O)c1ccc(-c2nc(Nc3cnn(C4CC(C)(C)OC(C)(C)C4)c3)ncc2Cl)cc1. The number of nitriles is 1. The molecule has 1 aromatic carbocycles. The lowest BCUT2D eigenvalue weighted by molar-refractivity contribution is -0.170. The molecule has 4 rings (SSSR count). The Morgan fingerprint density at radius 3 is 2.50 bits per heavy atom. The molecular weight excluding hydrogens is 478 g/mol. The Hall–Kier alpha value is -3.48. The molecule has 1 aliphatic heterocycles. The van der Waals surface area contributed by atoms with E-state index in [9.17, 15) is 4.79 Å². The van der Waals surface area contributed by atoms with Crippen molar-refractivity contribution in [2.24, 2.45) is 0 Å². The van der Waals surface area contributed by atoms with Crippen LogP contribution >= 0.6 is 11.6 Å². The summed E-state index contributed by atoms with van der Waals surface area (Å²) in [6.45, 7) is 10.1. The van der Waals surface area contributed by atoms with E-state index in [1.807, 2.05) is 16.9 Å². The number of hydrogen-bond donors (Lipinski definition) is 2. The van der Waals surface area contributed by atoms with Crippen LogP contribution in [0, 0.1) is 11.3 Å². The van der Waals surface area contributed by atoms with Crippen LogP contribution in [-0.4, -0.2) is 42.9 Å². The summed E-state index contributed by atoms with van der Waals surface area (Å²) in [6, 6.07) is 8.48. The minimum Gasteiger partial charge on any atom is -0.370 e. The molecule has 3 heterocycles. The van der Waals surface area contributed by atoms with Gasteiger partial charge in [-0.25, -0.2) is 9.97 Å². The number of aromatic nitrogens is 4. The van der Waals surface area contributed by atoms with Crippen molar-refractivity contribution in [1.82, 2.24) is 25.1 Å². The van der Waals surface area contributed by atoms with Crippen LogP contribution in [0.4, 0.5) is 11.6 Å². The van der Waals surface area contributed by atoms with Crippen molar-refractivity contribution in [3.8, 4) is 17.3 Å². The molecule has 1 fully saturated rings. The summed E-state index contributed by atoms with van der Waals surface area (Å²) in [5.74, 6) is 0.0614. The van der Waals surface area contributed by atoms with Crippen molar-refractivity contribution < 1.29 is 9.53 Å². The van der Waals surface area contributed by atoms with Crippen molar-refractivity contribution in [2.75, 3.05) is 5.32 Å². The van der Waals surface area contributed by atoms with E-state index in [4.69, 9.17) is 21.6 Å². The second-order valence-electron chi connectivity index (χ2n) is 10.3. The highest BCUT2D eigenvalue weighted by Crippen LogP contribution is 2.40. The maximum Gasteiger partial charge on any atom is 0.252 e. The predicted octanol–water partition coefficient (Wildman–Crippen LogP) is 5.29. The van der Waals surface area contributed by atoms with Crippen LogP contribution in [0.3, 0.4) is 0 Å². The lowest BCUT2D eigenvalue weighted by Crippen LogP contribution is -2.45. The highest BCUT2D eigenvalue weighted by atomic mass is 35.5. The number of rotatable bonds is 6. The largest absolute Gasteiger partial charge is 0.370 e. The second kappa shape index (κ2) is 9.88. The van der Waals surface area contributed by atoms with Crippen molar-refractivity contribution in [2.45, 2.75) is 70.7 Å². The van der Waals surface area contributed by atoms with E-state index < -0.39 is 6.04 Å². The van der Waals surface area contributed by atoms with Gasteiger partial charge >= 0.3 is 0 Å². The van der Waals surface area contributed by atoms with Gasteiger partial charge < -0.3 is 15.4 Å². The molecule has 1 saturated heterocycles. The van der Waals surface area contributed by atoms with E-state index in [1.165, 1.54) is 6.20 Å². The fourth-order valence-electron chi connectivity index (χ4n) is 4.68. The highest BCUT2D eigenvalue weighted by molar-refractivity contribution is 6.32. The van der Waals surface area contributed by atoms with Crippen LogP contribution < -0.4 is 10.6 Å². The molecule has 0 saturated carbocycles. The Bertz CT molecular complexity index is 1280. The van der Waals surface area contributed by atoms with Crippen LogP contribution in [0.2, 0.25) is 5.02 Å². The average Bonchev–Trinajstić information content (AvgIpc) is 3.27. The van der Waals surface area contributed by atoms with E-state index in [1.54, 1.807) is 37.4 Å². The number of nitrogens with one attached hydrogen (secondary N) is 2. The Balaban J connectivity index is 1.50. The number of carbonyl (C=O) groups excluding carboxylic acids is 1. The molecular formula is C26H30ClN7O2. The van der Waals surface area contributed by atoms with Gasteiger partial charge in [-0.1, -0.05) is 23.7 Å². The molecule has 0 spiro atoms. The van der Waals surface area contributed by atoms with Crippen LogP contribution in [-0.2, 0) is 4.74 Å². The number of nitrogens with zero attached hydrogens (tertiary/aromatic N) is 5. The second-order valence-corrected chi connectivity index (χ2v) is 10.7. The van der Waals surface area contributed by atoms with Crippen molar-refractivity contribution in [3.05, 3.63) is 53.4 Å². The molecule has 0 bridgehead atoms. The first-order valence-electron chi connectivity index (χ1n) is 11.8. The Morgan fingerprint density at radius 2 is 1.86 bits per heavy atom. The molecule has 1 amide bonds. The summed E-state index contributed by atoms with van der Waals surface area (Å²) in [5.41, 5.74) is 2.01. The summed E-state index contributed by atoms with van der Waals surface area (Å²) in [5, 5.41) is 19.7. The third kappa shape index (κ3) is 6.01. The molecule has 2 N–H and O–H groups in total. The first-order valence-corrected chi connectivity index (χ1v) is 12.2. The maximum absolute atomic E-state index is 12.2. The van der Waals surface area contributed by atoms with Gasteiger partial charge in [0.05, 0.1) is 52.1 Å². The number of halogens is 1. The van der Waals surface area contributed by atoms with Crippen LogP contribution in [0.5, 0.6) is 0 Å². The van der Waals surface area contributed by atoms with Crippen LogP contribution in [0.1, 0.15) is 63.9 Å². The Labute approximate surface area is 215 Å².